The van der Waals surface area contributed by atoms with E-state index in [-0.39, 0.29) is 9.09 Å². The molecule has 0 bridgehead atoms. The summed E-state index contributed by atoms with van der Waals surface area (Å²) in [7, 11) is -2.18. The highest BCUT2D eigenvalue weighted by Gasteiger charge is 2.25. The van der Waals surface area contributed by atoms with Gasteiger partial charge in [-0.25, -0.2) is 13.2 Å². The Balaban J connectivity index is 2.15. The minimum absolute atomic E-state index is 0.0552. The summed E-state index contributed by atoms with van der Waals surface area (Å²) in [6.07, 6.45) is 3.88. The molecular weight excluding hydrogens is 324 g/mol. The standard InChI is InChI=1S/C14H16N2O4S2/c1-10-9-12(21-13(10)14(17)18)22(19,20)16(2)8-5-11-3-6-15-7-4-11/h3-4,6-7,9H,5,8H2,1-2H3,(H,17,18). The van der Waals surface area contributed by atoms with Crippen LogP contribution in [0.15, 0.2) is 34.8 Å². The van der Waals surface area contributed by atoms with Gasteiger partial charge in [-0.2, -0.15) is 4.31 Å². The van der Waals surface area contributed by atoms with Crippen molar-refractivity contribution in [2.24, 2.45) is 0 Å². The first-order valence-corrected chi connectivity index (χ1v) is 8.77. The molecule has 0 unspecified atom stereocenters. The molecule has 2 rings (SSSR count). The van der Waals surface area contributed by atoms with Crippen LogP contribution in [-0.4, -0.2) is 42.4 Å². The number of thiophene rings is 1. The topological polar surface area (TPSA) is 87.6 Å². The fourth-order valence-electron chi connectivity index (χ4n) is 1.90. The molecule has 0 aliphatic heterocycles. The van der Waals surface area contributed by atoms with E-state index < -0.39 is 16.0 Å². The summed E-state index contributed by atoms with van der Waals surface area (Å²) in [6, 6.07) is 5.07. The van der Waals surface area contributed by atoms with Crippen LogP contribution in [0.3, 0.4) is 0 Å². The zero-order valence-electron chi connectivity index (χ0n) is 12.2. The Bertz CT molecular complexity index is 769. The van der Waals surface area contributed by atoms with E-state index in [1.54, 1.807) is 19.3 Å². The Morgan fingerprint density at radius 1 is 1.36 bits per heavy atom. The van der Waals surface area contributed by atoms with Crippen molar-refractivity contribution in [2.75, 3.05) is 13.6 Å². The van der Waals surface area contributed by atoms with Crippen LogP contribution >= 0.6 is 11.3 Å². The summed E-state index contributed by atoms with van der Waals surface area (Å²) >= 11 is 0.785. The van der Waals surface area contributed by atoms with Crippen molar-refractivity contribution in [3.05, 3.63) is 46.6 Å². The number of carboxylic acid groups (broad SMARTS) is 1. The Hall–Kier alpha value is -1.77. The smallest absolute Gasteiger partial charge is 0.346 e. The van der Waals surface area contributed by atoms with Gasteiger partial charge in [0.25, 0.3) is 10.0 Å². The van der Waals surface area contributed by atoms with Crippen molar-refractivity contribution in [2.45, 2.75) is 17.6 Å². The van der Waals surface area contributed by atoms with Crippen LogP contribution in [0.25, 0.3) is 0 Å². The quantitative estimate of drug-likeness (QED) is 0.869. The van der Waals surface area contributed by atoms with Gasteiger partial charge in [0.05, 0.1) is 0 Å². The molecule has 1 N–H and O–H groups in total. The van der Waals surface area contributed by atoms with Gasteiger partial charge in [0.1, 0.15) is 9.09 Å². The van der Waals surface area contributed by atoms with Crippen LogP contribution in [0.2, 0.25) is 0 Å². The summed E-state index contributed by atoms with van der Waals surface area (Å²) in [5.41, 5.74) is 1.45. The number of aryl methyl sites for hydroxylation is 1. The predicted octanol–water partition coefficient (Wildman–Crippen LogP) is 2.01. The number of aromatic carboxylic acids is 1. The first-order valence-electron chi connectivity index (χ1n) is 6.51. The van der Waals surface area contributed by atoms with E-state index in [2.05, 4.69) is 4.98 Å². The lowest BCUT2D eigenvalue weighted by Crippen LogP contribution is -2.28. The molecule has 0 fully saturated rings. The number of hydrogen-bond acceptors (Lipinski definition) is 5. The average molecular weight is 340 g/mol. The van der Waals surface area contributed by atoms with Crippen LogP contribution in [0.4, 0.5) is 0 Å². The van der Waals surface area contributed by atoms with Crippen LogP contribution in [-0.2, 0) is 16.4 Å². The maximum atomic E-state index is 12.5. The van der Waals surface area contributed by atoms with Gasteiger partial charge in [-0.3, -0.25) is 4.98 Å². The monoisotopic (exact) mass is 340 g/mol. The minimum Gasteiger partial charge on any atom is -0.477 e. The molecular formula is C14H16N2O4S2. The number of carbonyl (C=O) groups is 1. The highest BCUT2D eigenvalue weighted by Crippen LogP contribution is 2.28. The Labute approximate surface area is 133 Å². The number of pyridine rings is 1. The maximum Gasteiger partial charge on any atom is 0.346 e. The largest absolute Gasteiger partial charge is 0.477 e. The zero-order valence-corrected chi connectivity index (χ0v) is 13.8. The summed E-state index contributed by atoms with van der Waals surface area (Å²) < 4.78 is 26.2. The molecule has 6 nitrogen and oxygen atoms in total. The first-order chi connectivity index (χ1) is 10.3. The molecule has 118 valence electrons. The average Bonchev–Trinajstić information content (AvgIpc) is 2.88. The molecule has 2 aromatic heterocycles. The molecule has 2 heterocycles. The molecule has 0 amide bonds. The van der Waals surface area contributed by atoms with Crippen molar-refractivity contribution in [1.82, 2.24) is 9.29 Å². The fourth-order valence-corrected chi connectivity index (χ4v) is 4.66. The highest BCUT2D eigenvalue weighted by atomic mass is 32.2. The van der Waals surface area contributed by atoms with Gasteiger partial charge < -0.3 is 5.11 Å². The van der Waals surface area contributed by atoms with Gasteiger partial charge in [-0.05, 0) is 42.7 Å². The highest BCUT2D eigenvalue weighted by molar-refractivity contribution is 7.91. The van der Waals surface area contributed by atoms with Crippen molar-refractivity contribution < 1.29 is 18.3 Å². The lowest BCUT2D eigenvalue weighted by molar-refractivity contribution is 0.0701. The molecule has 22 heavy (non-hydrogen) atoms. The van der Waals surface area contributed by atoms with Crippen molar-refractivity contribution >= 4 is 27.3 Å². The number of rotatable bonds is 6. The minimum atomic E-state index is -3.67. The van der Waals surface area contributed by atoms with Gasteiger partial charge in [0.15, 0.2) is 0 Å². The second-order valence-electron chi connectivity index (χ2n) is 4.81. The second kappa shape index (κ2) is 6.55. The predicted molar refractivity (Wildman–Crippen MR) is 83.8 cm³/mol. The fraction of sp³-hybridized carbons (Fsp3) is 0.286. The second-order valence-corrected chi connectivity index (χ2v) is 8.14. The van der Waals surface area contributed by atoms with Gasteiger partial charge in [0, 0.05) is 26.0 Å². The van der Waals surface area contributed by atoms with E-state index in [1.807, 2.05) is 12.1 Å². The van der Waals surface area contributed by atoms with Crippen molar-refractivity contribution in [3.63, 3.8) is 0 Å². The van der Waals surface area contributed by atoms with E-state index in [0.29, 0.717) is 18.5 Å². The Morgan fingerprint density at radius 2 is 2.00 bits per heavy atom. The number of likely N-dealkylation sites (N-methyl/N-ethyl adjacent to an activating group) is 1. The lowest BCUT2D eigenvalue weighted by atomic mass is 10.2. The molecule has 8 heteroatoms. The lowest BCUT2D eigenvalue weighted by Gasteiger charge is -2.15. The van der Waals surface area contributed by atoms with Gasteiger partial charge in [-0.15, -0.1) is 11.3 Å². The van der Waals surface area contributed by atoms with Crippen molar-refractivity contribution in [3.8, 4) is 0 Å². The van der Waals surface area contributed by atoms with E-state index in [1.165, 1.54) is 17.4 Å². The number of carboxylic acids is 1. The number of sulfonamides is 1. The van der Waals surface area contributed by atoms with Crippen LogP contribution < -0.4 is 0 Å². The van der Waals surface area contributed by atoms with E-state index >= 15 is 0 Å². The number of nitrogens with zero attached hydrogens (tertiary/aromatic N) is 2. The van der Waals surface area contributed by atoms with Crippen LogP contribution in [0.1, 0.15) is 20.8 Å². The molecule has 0 radical (unpaired) electrons. The third-order valence-electron chi connectivity index (χ3n) is 3.22. The molecule has 0 aromatic carbocycles. The third kappa shape index (κ3) is 3.52. The van der Waals surface area contributed by atoms with E-state index in [9.17, 15) is 13.2 Å². The molecule has 0 atom stereocenters. The maximum absolute atomic E-state index is 12.5. The van der Waals surface area contributed by atoms with E-state index in [0.717, 1.165) is 16.9 Å². The molecule has 0 aliphatic carbocycles. The number of hydrogen-bond donors (Lipinski definition) is 1. The summed E-state index contributed by atoms with van der Waals surface area (Å²) in [5.74, 6) is -1.11. The summed E-state index contributed by atoms with van der Waals surface area (Å²) in [6.45, 7) is 1.90. The Kier molecular flexibility index (Phi) is 4.94. The van der Waals surface area contributed by atoms with Crippen molar-refractivity contribution in [1.29, 1.82) is 0 Å². The van der Waals surface area contributed by atoms with Gasteiger partial charge in [-0.1, -0.05) is 0 Å². The van der Waals surface area contributed by atoms with Gasteiger partial charge >= 0.3 is 5.97 Å². The van der Waals surface area contributed by atoms with E-state index in [4.69, 9.17) is 5.11 Å². The molecule has 0 saturated heterocycles. The normalized spacial score (nSPS) is 11.8. The Morgan fingerprint density at radius 3 is 2.55 bits per heavy atom. The van der Waals surface area contributed by atoms with Gasteiger partial charge in [0.2, 0.25) is 0 Å². The molecule has 0 saturated carbocycles. The van der Waals surface area contributed by atoms with Crippen LogP contribution in [0, 0.1) is 6.92 Å². The summed E-state index contributed by atoms with van der Waals surface area (Å²) in [4.78, 5) is 15.0. The number of aromatic nitrogens is 1. The first kappa shape index (κ1) is 16.6. The molecule has 0 aliphatic rings. The zero-order chi connectivity index (χ0) is 16.3. The van der Waals surface area contributed by atoms with Crippen LogP contribution in [0.5, 0.6) is 0 Å². The molecule has 0 spiro atoms. The SMILES string of the molecule is Cc1cc(S(=O)(=O)N(C)CCc2ccncc2)sc1C(=O)O. The summed E-state index contributed by atoms with van der Waals surface area (Å²) in [5, 5.41) is 9.03. The third-order valence-corrected chi connectivity index (χ3v) is 6.75. The molecule has 2 aromatic rings.